The lowest BCUT2D eigenvalue weighted by Gasteiger charge is -2.21. The molecule has 2 heterocycles. The summed E-state index contributed by atoms with van der Waals surface area (Å²) in [5.74, 6) is 1.40. The maximum absolute atomic E-state index is 12.3. The second kappa shape index (κ2) is 10.1. The van der Waals surface area contributed by atoms with Gasteiger partial charge in [-0.3, -0.25) is 4.98 Å². The zero-order valence-corrected chi connectivity index (χ0v) is 16.2. The summed E-state index contributed by atoms with van der Waals surface area (Å²) in [6, 6.07) is 7.41. The second-order valence-electron chi connectivity index (χ2n) is 7.48. The van der Waals surface area contributed by atoms with Crippen molar-refractivity contribution in [2.75, 3.05) is 13.6 Å². The molecule has 0 bridgehead atoms. The summed E-state index contributed by atoms with van der Waals surface area (Å²) < 4.78 is 5.35. The Morgan fingerprint density at radius 3 is 2.70 bits per heavy atom. The van der Waals surface area contributed by atoms with Gasteiger partial charge in [0.2, 0.25) is 0 Å². The molecule has 3 rings (SSSR count). The highest BCUT2D eigenvalue weighted by Crippen LogP contribution is 2.24. The fourth-order valence-corrected chi connectivity index (χ4v) is 3.68. The first kappa shape index (κ1) is 19.4. The van der Waals surface area contributed by atoms with Crippen LogP contribution in [0.25, 0.3) is 11.4 Å². The fraction of sp³-hybridized carbons (Fsp3) is 0.571. The van der Waals surface area contributed by atoms with Gasteiger partial charge in [0.1, 0.15) is 5.69 Å². The van der Waals surface area contributed by atoms with Gasteiger partial charge in [0.25, 0.3) is 0 Å². The van der Waals surface area contributed by atoms with Crippen molar-refractivity contribution in [1.29, 1.82) is 0 Å². The summed E-state index contributed by atoms with van der Waals surface area (Å²) in [5, 5.41) is 7.08. The largest absolute Gasteiger partial charge is 0.359 e. The van der Waals surface area contributed by atoms with Crippen molar-refractivity contribution in [3.8, 4) is 11.4 Å². The van der Waals surface area contributed by atoms with Gasteiger partial charge in [-0.05, 0) is 24.5 Å². The highest BCUT2D eigenvalue weighted by molar-refractivity contribution is 5.73. The van der Waals surface area contributed by atoms with Gasteiger partial charge in [0, 0.05) is 25.9 Å². The van der Waals surface area contributed by atoms with Gasteiger partial charge in [-0.1, -0.05) is 56.2 Å². The molecule has 0 aromatic carbocycles. The molecule has 1 fully saturated rings. The molecule has 1 aliphatic rings. The van der Waals surface area contributed by atoms with E-state index in [2.05, 4.69) is 15.5 Å². The van der Waals surface area contributed by atoms with Gasteiger partial charge in [0.05, 0.1) is 12.2 Å². The molecule has 0 unspecified atom stereocenters. The summed E-state index contributed by atoms with van der Waals surface area (Å²) in [5.41, 5.74) is 1.45. The Labute approximate surface area is 161 Å². The van der Waals surface area contributed by atoms with Gasteiger partial charge < -0.3 is 14.7 Å². The van der Waals surface area contributed by atoms with Crippen molar-refractivity contribution in [3.05, 3.63) is 36.2 Å². The predicted molar refractivity (Wildman–Crippen MR) is 105 cm³/mol. The van der Waals surface area contributed by atoms with Crippen molar-refractivity contribution in [1.82, 2.24) is 20.4 Å². The Bertz CT molecular complexity index is 693. The third-order valence-electron chi connectivity index (χ3n) is 5.28. The molecule has 2 aromatic heterocycles. The molecular formula is C21H30N4O2. The molecule has 27 heavy (non-hydrogen) atoms. The molecule has 1 aliphatic carbocycles. The molecule has 6 nitrogen and oxygen atoms in total. The maximum Gasteiger partial charge on any atom is 0.317 e. The highest BCUT2D eigenvalue weighted by Gasteiger charge is 2.15. The molecule has 6 heteroatoms. The first-order valence-corrected chi connectivity index (χ1v) is 10.1. The molecule has 146 valence electrons. The van der Waals surface area contributed by atoms with Gasteiger partial charge in [-0.15, -0.1) is 0 Å². The van der Waals surface area contributed by atoms with Crippen LogP contribution >= 0.6 is 0 Å². The summed E-state index contributed by atoms with van der Waals surface area (Å²) in [6.07, 6.45) is 12.2. The average Bonchev–Trinajstić information content (AvgIpc) is 3.12. The third-order valence-corrected chi connectivity index (χ3v) is 5.28. The SMILES string of the molecule is CN(Cc1cc(-c2ccccn2)no1)C(=O)NCCC1CCCCCCC1. The summed E-state index contributed by atoms with van der Waals surface area (Å²) >= 11 is 0. The second-order valence-corrected chi connectivity index (χ2v) is 7.48. The minimum Gasteiger partial charge on any atom is -0.359 e. The molecule has 0 atom stereocenters. The third kappa shape index (κ3) is 6.08. The van der Waals surface area contributed by atoms with Crippen LogP contribution in [0.1, 0.15) is 57.1 Å². The Morgan fingerprint density at radius 2 is 1.96 bits per heavy atom. The summed E-state index contributed by atoms with van der Waals surface area (Å²) in [6.45, 7) is 1.12. The van der Waals surface area contributed by atoms with E-state index in [1.807, 2.05) is 24.3 Å². The molecule has 0 radical (unpaired) electrons. The van der Waals surface area contributed by atoms with Crippen LogP contribution < -0.4 is 5.32 Å². The molecule has 2 aromatic rings. The van der Waals surface area contributed by atoms with E-state index in [4.69, 9.17) is 4.52 Å². The fourth-order valence-electron chi connectivity index (χ4n) is 3.68. The standard InChI is InChI=1S/C21H30N4O2/c1-25(16-18-15-20(24-27-18)19-11-7-8-13-22-19)21(26)23-14-12-17-9-5-3-2-4-6-10-17/h7-8,11,13,15,17H,2-6,9-10,12,14,16H2,1H3,(H,23,26). The van der Waals surface area contributed by atoms with Gasteiger partial charge in [-0.25, -0.2) is 4.79 Å². The van der Waals surface area contributed by atoms with Crippen molar-refractivity contribution < 1.29 is 9.32 Å². The van der Waals surface area contributed by atoms with Crippen molar-refractivity contribution in [2.24, 2.45) is 5.92 Å². The molecule has 0 saturated heterocycles. The van der Waals surface area contributed by atoms with E-state index >= 15 is 0 Å². The number of nitrogens with zero attached hydrogens (tertiary/aromatic N) is 3. The molecule has 1 saturated carbocycles. The van der Waals surface area contributed by atoms with E-state index in [1.165, 1.54) is 44.9 Å². The maximum atomic E-state index is 12.3. The van der Waals surface area contributed by atoms with Crippen LogP contribution in [-0.2, 0) is 6.54 Å². The van der Waals surface area contributed by atoms with E-state index in [-0.39, 0.29) is 6.03 Å². The van der Waals surface area contributed by atoms with E-state index in [0.29, 0.717) is 18.0 Å². The number of urea groups is 1. The number of carbonyl (C=O) groups is 1. The van der Waals surface area contributed by atoms with Gasteiger partial charge in [0.15, 0.2) is 5.76 Å². The van der Waals surface area contributed by atoms with E-state index in [0.717, 1.165) is 24.6 Å². The van der Waals surface area contributed by atoms with Crippen LogP contribution in [-0.4, -0.2) is 34.7 Å². The van der Waals surface area contributed by atoms with Crippen LogP contribution in [0.5, 0.6) is 0 Å². The van der Waals surface area contributed by atoms with Crippen molar-refractivity contribution in [3.63, 3.8) is 0 Å². The smallest absolute Gasteiger partial charge is 0.317 e. The Hall–Kier alpha value is -2.37. The number of rotatable bonds is 6. The molecular weight excluding hydrogens is 340 g/mol. The van der Waals surface area contributed by atoms with E-state index < -0.39 is 0 Å². The van der Waals surface area contributed by atoms with Gasteiger partial charge >= 0.3 is 6.03 Å². The van der Waals surface area contributed by atoms with Crippen LogP contribution in [0, 0.1) is 5.92 Å². The topological polar surface area (TPSA) is 71.3 Å². The zero-order valence-electron chi connectivity index (χ0n) is 16.2. The molecule has 0 spiro atoms. The number of hydrogen-bond acceptors (Lipinski definition) is 4. The highest BCUT2D eigenvalue weighted by atomic mass is 16.5. The zero-order chi connectivity index (χ0) is 18.9. The van der Waals surface area contributed by atoms with Gasteiger partial charge in [-0.2, -0.15) is 0 Å². The first-order valence-electron chi connectivity index (χ1n) is 10.1. The number of hydrogen-bond donors (Lipinski definition) is 1. The van der Waals surface area contributed by atoms with Crippen LogP contribution in [0.3, 0.4) is 0 Å². The number of nitrogens with one attached hydrogen (secondary N) is 1. The summed E-state index contributed by atoms with van der Waals surface area (Å²) in [7, 11) is 1.77. The minimum absolute atomic E-state index is 0.0726. The van der Waals surface area contributed by atoms with Crippen molar-refractivity contribution >= 4 is 6.03 Å². The average molecular weight is 370 g/mol. The lowest BCUT2D eigenvalue weighted by molar-refractivity contribution is 0.199. The minimum atomic E-state index is -0.0726. The van der Waals surface area contributed by atoms with E-state index in [1.54, 1.807) is 18.1 Å². The Morgan fingerprint density at radius 1 is 1.19 bits per heavy atom. The van der Waals surface area contributed by atoms with Crippen LogP contribution in [0.2, 0.25) is 0 Å². The van der Waals surface area contributed by atoms with Crippen LogP contribution in [0.4, 0.5) is 4.79 Å². The quantitative estimate of drug-likeness (QED) is 0.805. The first-order chi connectivity index (χ1) is 13.2. The van der Waals surface area contributed by atoms with E-state index in [9.17, 15) is 4.79 Å². The molecule has 1 N–H and O–H groups in total. The Kier molecular flexibility index (Phi) is 7.25. The lowest BCUT2D eigenvalue weighted by atomic mass is 9.89. The number of pyridine rings is 1. The van der Waals surface area contributed by atoms with Crippen LogP contribution in [0.15, 0.2) is 35.0 Å². The monoisotopic (exact) mass is 370 g/mol. The number of aromatic nitrogens is 2. The summed E-state index contributed by atoms with van der Waals surface area (Å²) in [4.78, 5) is 18.2. The molecule has 0 aliphatic heterocycles. The van der Waals surface area contributed by atoms with Crippen molar-refractivity contribution in [2.45, 2.75) is 57.9 Å². The lowest BCUT2D eigenvalue weighted by Crippen LogP contribution is -2.37. The number of amides is 2. The Balaban J connectivity index is 1.42. The number of carbonyl (C=O) groups excluding carboxylic acids is 1. The molecule has 2 amide bonds. The predicted octanol–water partition coefficient (Wildman–Crippen LogP) is 4.63. The normalized spacial score (nSPS) is 15.7.